The van der Waals surface area contributed by atoms with Gasteiger partial charge in [0.2, 0.25) is 10.0 Å². The molecule has 8 heteroatoms. The number of rotatable bonds is 7. The maximum Gasteiger partial charge on any atom is 0.258 e. The molecule has 0 aliphatic carbocycles. The monoisotopic (exact) mass is 436 g/mol. The summed E-state index contributed by atoms with van der Waals surface area (Å²) in [7, 11) is -3.47. The van der Waals surface area contributed by atoms with E-state index in [2.05, 4.69) is 5.32 Å². The van der Waals surface area contributed by atoms with Gasteiger partial charge < -0.3 is 10.1 Å². The molecule has 1 aliphatic heterocycles. The Kier molecular flexibility index (Phi) is 6.82. The molecule has 2 aromatic rings. The third kappa shape index (κ3) is 5.29. The van der Waals surface area contributed by atoms with E-state index in [1.165, 1.54) is 10.4 Å². The fraction of sp³-hybridized carbons (Fsp3) is 0.381. The summed E-state index contributed by atoms with van der Waals surface area (Å²) in [6, 6.07) is 11.8. The minimum Gasteiger partial charge on any atom is -0.484 e. The average Bonchev–Trinajstić information content (AvgIpc) is 3.23. The first-order chi connectivity index (χ1) is 13.8. The van der Waals surface area contributed by atoms with Gasteiger partial charge in [-0.3, -0.25) is 4.79 Å². The van der Waals surface area contributed by atoms with Crippen molar-refractivity contribution in [3.8, 4) is 5.75 Å². The molecule has 0 bridgehead atoms. The second-order valence-electron chi connectivity index (χ2n) is 7.17. The molecule has 1 atom stereocenters. The summed E-state index contributed by atoms with van der Waals surface area (Å²) in [5.41, 5.74) is 1.61. The Hall–Kier alpha value is -2.09. The van der Waals surface area contributed by atoms with Crippen molar-refractivity contribution >= 4 is 27.5 Å². The molecule has 6 nitrogen and oxygen atoms in total. The normalized spacial score (nSPS) is 15.8. The van der Waals surface area contributed by atoms with Crippen molar-refractivity contribution in [1.82, 2.24) is 9.62 Å². The highest BCUT2D eigenvalue weighted by Crippen LogP contribution is 2.26. The lowest BCUT2D eigenvalue weighted by atomic mass is 10.1. The number of aryl methyl sites for hydroxylation is 1. The van der Waals surface area contributed by atoms with E-state index in [0.29, 0.717) is 29.4 Å². The molecule has 0 aromatic heterocycles. The van der Waals surface area contributed by atoms with Gasteiger partial charge >= 0.3 is 0 Å². The Bertz CT molecular complexity index is 971. The third-order valence-electron chi connectivity index (χ3n) is 4.96. The van der Waals surface area contributed by atoms with Crippen LogP contribution < -0.4 is 10.1 Å². The van der Waals surface area contributed by atoms with Gasteiger partial charge in [-0.2, -0.15) is 4.31 Å². The largest absolute Gasteiger partial charge is 0.484 e. The minimum atomic E-state index is -3.47. The van der Waals surface area contributed by atoms with E-state index in [1.54, 1.807) is 31.2 Å². The molecule has 1 fully saturated rings. The van der Waals surface area contributed by atoms with Crippen molar-refractivity contribution < 1.29 is 17.9 Å². The molecule has 2 aromatic carbocycles. The van der Waals surface area contributed by atoms with Gasteiger partial charge in [-0.15, -0.1) is 0 Å². The van der Waals surface area contributed by atoms with Crippen molar-refractivity contribution in [2.45, 2.75) is 37.6 Å². The molecule has 1 unspecified atom stereocenters. The number of hydrogen-bond donors (Lipinski definition) is 1. The van der Waals surface area contributed by atoms with Crippen LogP contribution in [0.5, 0.6) is 5.75 Å². The van der Waals surface area contributed by atoms with Crippen LogP contribution in [0.25, 0.3) is 0 Å². The summed E-state index contributed by atoms with van der Waals surface area (Å²) >= 11 is 5.88. The molecule has 0 radical (unpaired) electrons. The topological polar surface area (TPSA) is 75.7 Å². The summed E-state index contributed by atoms with van der Waals surface area (Å²) in [6.07, 6.45) is 1.78. The Morgan fingerprint density at radius 2 is 1.83 bits per heavy atom. The Morgan fingerprint density at radius 3 is 2.45 bits per heavy atom. The van der Waals surface area contributed by atoms with Crippen LogP contribution in [0.15, 0.2) is 47.4 Å². The lowest BCUT2D eigenvalue weighted by molar-refractivity contribution is -0.123. The molecule has 3 rings (SSSR count). The molecule has 1 saturated heterocycles. The quantitative estimate of drug-likeness (QED) is 0.718. The minimum absolute atomic E-state index is 0.156. The lowest BCUT2D eigenvalue weighted by Crippen LogP contribution is -2.31. The molecular formula is C21H25ClN2O4S. The first-order valence-corrected chi connectivity index (χ1v) is 11.4. The van der Waals surface area contributed by atoms with Crippen LogP contribution >= 0.6 is 11.6 Å². The van der Waals surface area contributed by atoms with Gasteiger partial charge in [-0.1, -0.05) is 23.7 Å². The number of sulfonamides is 1. The van der Waals surface area contributed by atoms with Crippen molar-refractivity contribution in [2.24, 2.45) is 0 Å². The van der Waals surface area contributed by atoms with Crippen LogP contribution in [0.3, 0.4) is 0 Å². The van der Waals surface area contributed by atoms with Gasteiger partial charge in [-0.05, 0) is 68.1 Å². The fourth-order valence-corrected chi connectivity index (χ4v) is 5.01. The van der Waals surface area contributed by atoms with E-state index in [9.17, 15) is 13.2 Å². The average molecular weight is 437 g/mol. The number of amides is 1. The Balaban J connectivity index is 1.59. The smallest absolute Gasteiger partial charge is 0.258 e. The van der Waals surface area contributed by atoms with Crippen molar-refractivity contribution in [3.05, 3.63) is 58.6 Å². The predicted octanol–water partition coefficient (Wildman–Crippen LogP) is 3.69. The maximum atomic E-state index is 12.7. The van der Waals surface area contributed by atoms with Crippen LogP contribution in [-0.4, -0.2) is 38.3 Å². The van der Waals surface area contributed by atoms with E-state index in [4.69, 9.17) is 16.3 Å². The molecule has 1 aliphatic rings. The standard InChI is InChI=1S/C21H25ClN2O4S/c1-15-13-19(29(26,27)24-11-3-4-12-24)9-10-20(15)28-14-21(25)23-16(2)17-5-7-18(22)8-6-17/h5-10,13,16H,3-4,11-12,14H2,1-2H3,(H,23,25). The zero-order valence-corrected chi connectivity index (χ0v) is 18.1. The summed E-state index contributed by atoms with van der Waals surface area (Å²) < 4.78 is 32.4. The molecule has 156 valence electrons. The first kappa shape index (κ1) is 21.6. The third-order valence-corrected chi connectivity index (χ3v) is 7.10. The number of benzene rings is 2. The highest BCUT2D eigenvalue weighted by atomic mass is 35.5. The zero-order valence-electron chi connectivity index (χ0n) is 16.5. The van der Waals surface area contributed by atoms with Gasteiger partial charge in [0.15, 0.2) is 6.61 Å². The number of nitrogens with one attached hydrogen (secondary N) is 1. The van der Waals surface area contributed by atoms with Gasteiger partial charge in [0.1, 0.15) is 5.75 Å². The van der Waals surface area contributed by atoms with Crippen molar-refractivity contribution in [2.75, 3.05) is 19.7 Å². The van der Waals surface area contributed by atoms with Gasteiger partial charge in [-0.25, -0.2) is 8.42 Å². The SMILES string of the molecule is Cc1cc(S(=O)(=O)N2CCCC2)ccc1OCC(=O)NC(C)c1ccc(Cl)cc1. The molecule has 1 heterocycles. The number of carbonyl (C=O) groups is 1. The zero-order chi connectivity index (χ0) is 21.0. The molecule has 1 N–H and O–H groups in total. The van der Waals surface area contributed by atoms with Crippen LogP contribution in [0.4, 0.5) is 0 Å². The second-order valence-corrected chi connectivity index (χ2v) is 9.54. The van der Waals surface area contributed by atoms with Crippen molar-refractivity contribution in [3.63, 3.8) is 0 Å². The summed E-state index contributed by atoms with van der Waals surface area (Å²) in [5, 5.41) is 3.51. The molecule has 0 saturated carbocycles. The number of carbonyl (C=O) groups excluding carboxylic acids is 1. The van der Waals surface area contributed by atoms with Crippen LogP contribution in [0.2, 0.25) is 5.02 Å². The fourth-order valence-electron chi connectivity index (χ4n) is 3.28. The summed E-state index contributed by atoms with van der Waals surface area (Å²) in [6.45, 7) is 4.62. The van der Waals surface area contributed by atoms with Gasteiger partial charge in [0.25, 0.3) is 5.91 Å². The number of ether oxygens (including phenoxy) is 1. The highest BCUT2D eigenvalue weighted by molar-refractivity contribution is 7.89. The molecule has 1 amide bonds. The molecule has 29 heavy (non-hydrogen) atoms. The van der Waals surface area contributed by atoms with Crippen LogP contribution in [0.1, 0.15) is 36.9 Å². The van der Waals surface area contributed by atoms with Crippen molar-refractivity contribution in [1.29, 1.82) is 0 Å². The lowest BCUT2D eigenvalue weighted by Gasteiger charge is -2.17. The summed E-state index contributed by atoms with van der Waals surface area (Å²) in [4.78, 5) is 12.5. The van der Waals surface area contributed by atoms with Crippen LogP contribution in [0, 0.1) is 6.92 Å². The van der Waals surface area contributed by atoms with E-state index in [-0.39, 0.29) is 23.5 Å². The predicted molar refractivity (Wildman–Crippen MR) is 113 cm³/mol. The van der Waals surface area contributed by atoms with E-state index >= 15 is 0 Å². The first-order valence-electron chi connectivity index (χ1n) is 9.56. The number of halogens is 1. The van der Waals surface area contributed by atoms with Gasteiger partial charge in [0.05, 0.1) is 10.9 Å². The number of hydrogen-bond acceptors (Lipinski definition) is 4. The van der Waals surface area contributed by atoms with E-state index in [1.807, 2.05) is 19.1 Å². The highest BCUT2D eigenvalue weighted by Gasteiger charge is 2.27. The Morgan fingerprint density at radius 1 is 1.17 bits per heavy atom. The van der Waals surface area contributed by atoms with E-state index < -0.39 is 10.0 Å². The maximum absolute atomic E-state index is 12.7. The van der Waals surface area contributed by atoms with Crippen LogP contribution in [-0.2, 0) is 14.8 Å². The molecule has 0 spiro atoms. The van der Waals surface area contributed by atoms with Gasteiger partial charge in [0, 0.05) is 18.1 Å². The second kappa shape index (κ2) is 9.15. The molecular weight excluding hydrogens is 412 g/mol. The number of nitrogens with zero attached hydrogens (tertiary/aromatic N) is 1. The summed E-state index contributed by atoms with van der Waals surface area (Å²) in [5.74, 6) is 0.222. The Labute approximate surface area is 176 Å². The van der Waals surface area contributed by atoms with E-state index in [0.717, 1.165) is 18.4 Å².